The van der Waals surface area contributed by atoms with Crippen molar-refractivity contribution in [1.82, 2.24) is 19.5 Å². The maximum Gasteiger partial charge on any atom is 0.269 e. The minimum Gasteiger partial charge on any atom is -0.379 e. The average molecular weight is 443 g/mol. The topological polar surface area (TPSA) is 134 Å². The van der Waals surface area contributed by atoms with Gasteiger partial charge in [0, 0.05) is 44.0 Å². The molecule has 1 saturated heterocycles. The van der Waals surface area contributed by atoms with Crippen molar-refractivity contribution in [2.75, 3.05) is 50.0 Å². The first kappa shape index (κ1) is 20.8. The molecule has 3 aromatic rings. The van der Waals surface area contributed by atoms with Crippen molar-refractivity contribution in [3.8, 4) is 6.07 Å². The first-order valence-corrected chi connectivity index (χ1v) is 9.97. The number of nitrogens with zero attached hydrogens (tertiary/aromatic N) is 6. The molecule has 0 amide bonds. The van der Waals surface area contributed by atoms with E-state index in [1.165, 1.54) is 22.8 Å². The summed E-state index contributed by atoms with van der Waals surface area (Å²) < 4.78 is 6.80. The molecule has 0 radical (unpaired) electrons. The van der Waals surface area contributed by atoms with E-state index in [9.17, 15) is 15.4 Å². The molecule has 0 saturated carbocycles. The number of benzene rings is 1. The number of rotatable bonds is 7. The van der Waals surface area contributed by atoms with Gasteiger partial charge in [0.05, 0.1) is 24.3 Å². The third kappa shape index (κ3) is 4.51. The van der Waals surface area contributed by atoms with Gasteiger partial charge in [0.25, 0.3) is 5.69 Å². The SMILES string of the molecule is N#Cc1c(NCCN2CCOCC2)nc2c(Cl)cnn2c1Nc1ccc([N+](=O)[O-])cc1. The average Bonchev–Trinajstić information content (AvgIpc) is 3.15. The molecule has 4 rings (SSSR count). The minimum atomic E-state index is -0.473. The number of nitrogens with one attached hydrogen (secondary N) is 2. The number of nitriles is 1. The van der Waals surface area contributed by atoms with Gasteiger partial charge in [-0.25, -0.2) is 4.98 Å². The van der Waals surface area contributed by atoms with Crippen LogP contribution in [0.5, 0.6) is 0 Å². The lowest BCUT2D eigenvalue weighted by Gasteiger charge is -2.26. The van der Waals surface area contributed by atoms with E-state index in [1.807, 2.05) is 0 Å². The summed E-state index contributed by atoms with van der Waals surface area (Å²) in [6.45, 7) is 4.51. The van der Waals surface area contributed by atoms with E-state index in [0.717, 1.165) is 19.6 Å². The Morgan fingerprint density at radius 3 is 2.71 bits per heavy atom. The normalized spacial score (nSPS) is 14.3. The van der Waals surface area contributed by atoms with Gasteiger partial charge in [-0.15, -0.1) is 0 Å². The zero-order valence-electron chi connectivity index (χ0n) is 16.4. The molecule has 1 fully saturated rings. The molecular weight excluding hydrogens is 424 g/mol. The number of nitro benzene ring substituents is 1. The summed E-state index contributed by atoms with van der Waals surface area (Å²) in [5.74, 6) is 0.747. The van der Waals surface area contributed by atoms with Crippen LogP contribution >= 0.6 is 11.6 Å². The molecule has 2 N–H and O–H groups in total. The van der Waals surface area contributed by atoms with Gasteiger partial charge in [-0.1, -0.05) is 11.6 Å². The van der Waals surface area contributed by atoms with E-state index in [2.05, 4.69) is 31.7 Å². The Bertz CT molecular complexity index is 1140. The molecule has 3 heterocycles. The molecule has 2 aromatic heterocycles. The van der Waals surface area contributed by atoms with Crippen molar-refractivity contribution in [2.24, 2.45) is 0 Å². The van der Waals surface area contributed by atoms with E-state index in [4.69, 9.17) is 16.3 Å². The van der Waals surface area contributed by atoms with Crippen molar-refractivity contribution in [1.29, 1.82) is 5.26 Å². The third-order valence-corrected chi connectivity index (χ3v) is 5.15. The molecule has 0 atom stereocenters. The van der Waals surface area contributed by atoms with Crippen LogP contribution in [-0.4, -0.2) is 63.8 Å². The summed E-state index contributed by atoms with van der Waals surface area (Å²) in [6, 6.07) is 8.04. The van der Waals surface area contributed by atoms with Gasteiger partial charge < -0.3 is 15.4 Å². The Morgan fingerprint density at radius 2 is 2.03 bits per heavy atom. The summed E-state index contributed by atoms with van der Waals surface area (Å²) in [5, 5.41) is 31.6. The lowest BCUT2D eigenvalue weighted by atomic mass is 10.2. The number of hydrogen-bond acceptors (Lipinski definition) is 9. The fourth-order valence-electron chi connectivity index (χ4n) is 3.28. The fourth-order valence-corrected chi connectivity index (χ4v) is 3.44. The second-order valence-corrected chi connectivity index (χ2v) is 7.24. The second kappa shape index (κ2) is 9.13. The monoisotopic (exact) mass is 442 g/mol. The van der Waals surface area contributed by atoms with Crippen molar-refractivity contribution in [3.63, 3.8) is 0 Å². The summed E-state index contributed by atoms with van der Waals surface area (Å²) >= 11 is 6.25. The van der Waals surface area contributed by atoms with E-state index in [1.54, 1.807) is 12.1 Å². The van der Waals surface area contributed by atoms with Gasteiger partial charge in [0.2, 0.25) is 0 Å². The Kier molecular flexibility index (Phi) is 6.13. The largest absolute Gasteiger partial charge is 0.379 e. The van der Waals surface area contributed by atoms with Gasteiger partial charge in [-0.2, -0.15) is 14.9 Å². The molecule has 0 spiro atoms. The van der Waals surface area contributed by atoms with Crippen molar-refractivity contribution < 1.29 is 9.66 Å². The van der Waals surface area contributed by atoms with Crippen LogP contribution in [-0.2, 0) is 4.74 Å². The zero-order valence-corrected chi connectivity index (χ0v) is 17.2. The Labute approximate surface area is 182 Å². The molecule has 12 heteroatoms. The first-order valence-electron chi connectivity index (χ1n) is 9.59. The number of ether oxygens (including phenoxy) is 1. The van der Waals surface area contributed by atoms with Crippen molar-refractivity contribution >= 4 is 40.3 Å². The highest BCUT2D eigenvalue weighted by Crippen LogP contribution is 2.29. The lowest BCUT2D eigenvalue weighted by Crippen LogP contribution is -2.39. The van der Waals surface area contributed by atoms with Gasteiger partial charge in [0.1, 0.15) is 22.5 Å². The Hall–Kier alpha value is -3.46. The number of non-ortho nitro benzene ring substituents is 1. The fraction of sp³-hybridized carbons (Fsp3) is 0.316. The van der Waals surface area contributed by atoms with Crippen LogP contribution in [0.1, 0.15) is 5.56 Å². The number of nitro groups is 1. The number of fused-ring (bicyclic) bond motifs is 1. The van der Waals surface area contributed by atoms with Gasteiger partial charge in [-0.05, 0) is 12.1 Å². The van der Waals surface area contributed by atoms with Crippen LogP contribution < -0.4 is 10.6 Å². The van der Waals surface area contributed by atoms with E-state index >= 15 is 0 Å². The molecule has 1 aromatic carbocycles. The van der Waals surface area contributed by atoms with E-state index in [-0.39, 0.29) is 11.3 Å². The quantitative estimate of drug-likeness (QED) is 0.418. The van der Waals surface area contributed by atoms with Crippen molar-refractivity contribution in [2.45, 2.75) is 0 Å². The number of aromatic nitrogens is 3. The van der Waals surface area contributed by atoms with Crippen LogP contribution in [0.4, 0.5) is 23.0 Å². The van der Waals surface area contributed by atoms with Crippen LogP contribution in [0.25, 0.3) is 5.65 Å². The van der Waals surface area contributed by atoms with Crippen LogP contribution in [0, 0.1) is 21.4 Å². The smallest absolute Gasteiger partial charge is 0.269 e. The highest BCUT2D eigenvalue weighted by Gasteiger charge is 2.19. The molecule has 1 aliphatic heterocycles. The molecule has 11 nitrogen and oxygen atoms in total. The lowest BCUT2D eigenvalue weighted by molar-refractivity contribution is -0.384. The van der Waals surface area contributed by atoms with Gasteiger partial charge >= 0.3 is 0 Å². The molecule has 31 heavy (non-hydrogen) atoms. The van der Waals surface area contributed by atoms with E-state index in [0.29, 0.717) is 47.8 Å². The number of anilines is 3. The molecule has 0 unspecified atom stereocenters. The first-order chi connectivity index (χ1) is 15.1. The number of halogens is 1. The molecule has 0 aliphatic carbocycles. The molecule has 160 valence electrons. The highest BCUT2D eigenvalue weighted by molar-refractivity contribution is 6.33. The number of morpholine rings is 1. The maximum atomic E-state index is 10.9. The van der Waals surface area contributed by atoms with E-state index < -0.39 is 4.92 Å². The van der Waals surface area contributed by atoms with Crippen LogP contribution in [0.15, 0.2) is 30.5 Å². The minimum absolute atomic E-state index is 0.0291. The van der Waals surface area contributed by atoms with Gasteiger partial charge in [0.15, 0.2) is 11.5 Å². The maximum absolute atomic E-state index is 10.9. The van der Waals surface area contributed by atoms with Crippen LogP contribution in [0.3, 0.4) is 0 Å². The third-order valence-electron chi connectivity index (χ3n) is 4.88. The molecule has 0 bridgehead atoms. The summed E-state index contributed by atoms with van der Waals surface area (Å²) in [7, 11) is 0. The Morgan fingerprint density at radius 1 is 1.29 bits per heavy atom. The standard InChI is InChI=1S/C19H19ClN8O3/c20-16-12-23-27-18(24-13-1-3-14(4-2-13)28(29)30)15(11-21)17(25-19(16)27)22-5-6-26-7-9-31-10-8-26/h1-4,12,24H,5-10H2,(H,22,25). The summed E-state index contributed by atoms with van der Waals surface area (Å²) in [4.78, 5) is 17.2. The predicted molar refractivity (Wildman–Crippen MR) is 115 cm³/mol. The summed E-state index contributed by atoms with van der Waals surface area (Å²) in [6.07, 6.45) is 1.45. The van der Waals surface area contributed by atoms with Crippen molar-refractivity contribution in [3.05, 3.63) is 51.2 Å². The zero-order chi connectivity index (χ0) is 21.8. The van der Waals surface area contributed by atoms with Crippen LogP contribution in [0.2, 0.25) is 5.02 Å². The highest BCUT2D eigenvalue weighted by atomic mass is 35.5. The van der Waals surface area contributed by atoms with Gasteiger partial charge in [-0.3, -0.25) is 15.0 Å². The summed E-state index contributed by atoms with van der Waals surface area (Å²) in [5.41, 5.74) is 1.17. The Balaban J connectivity index is 1.63. The predicted octanol–water partition coefficient (Wildman–Crippen LogP) is 2.65. The molecule has 1 aliphatic rings. The second-order valence-electron chi connectivity index (χ2n) is 6.83. The number of hydrogen-bond donors (Lipinski definition) is 2. The molecular formula is C19H19ClN8O3.